The van der Waals surface area contributed by atoms with E-state index in [-0.39, 0.29) is 11.5 Å². The van der Waals surface area contributed by atoms with Crippen LogP contribution in [0.3, 0.4) is 0 Å². The summed E-state index contributed by atoms with van der Waals surface area (Å²) in [5.41, 5.74) is 2.64. The van der Waals surface area contributed by atoms with Gasteiger partial charge in [0.15, 0.2) is 0 Å². The molecule has 0 fully saturated rings. The van der Waals surface area contributed by atoms with Gasteiger partial charge in [-0.25, -0.2) is 0 Å². The molecule has 0 aromatic heterocycles. The zero-order valence-corrected chi connectivity index (χ0v) is 11.2. The molecule has 0 bridgehead atoms. The maximum atomic E-state index is 9.67. The molecular weight excluding hydrogens is 240 g/mol. The van der Waals surface area contributed by atoms with Gasteiger partial charge in [0.2, 0.25) is 0 Å². The summed E-state index contributed by atoms with van der Waals surface area (Å²) >= 11 is 0. The van der Waals surface area contributed by atoms with E-state index < -0.39 is 0 Å². The molecule has 2 aromatic rings. The SMILES string of the molecule is COc1ccc(CCc2cc(O)c(C)c(O)c2)cc1. The van der Waals surface area contributed by atoms with Gasteiger partial charge in [0.1, 0.15) is 17.2 Å². The minimum atomic E-state index is 0.143. The van der Waals surface area contributed by atoms with Crippen molar-refractivity contribution < 1.29 is 14.9 Å². The number of aromatic hydroxyl groups is 2. The number of aryl methyl sites for hydroxylation is 2. The van der Waals surface area contributed by atoms with Gasteiger partial charge in [-0.1, -0.05) is 12.1 Å². The Hall–Kier alpha value is -2.16. The van der Waals surface area contributed by atoms with Gasteiger partial charge < -0.3 is 14.9 Å². The number of methoxy groups -OCH3 is 1. The molecule has 0 saturated heterocycles. The molecule has 0 saturated carbocycles. The molecule has 0 unspecified atom stereocenters. The van der Waals surface area contributed by atoms with E-state index in [1.54, 1.807) is 26.2 Å². The van der Waals surface area contributed by atoms with Gasteiger partial charge in [-0.05, 0) is 55.2 Å². The van der Waals surface area contributed by atoms with E-state index in [0.29, 0.717) is 5.56 Å². The van der Waals surface area contributed by atoms with Crippen molar-refractivity contribution in [1.29, 1.82) is 0 Å². The fourth-order valence-electron chi connectivity index (χ4n) is 1.97. The van der Waals surface area contributed by atoms with E-state index in [1.807, 2.05) is 24.3 Å². The van der Waals surface area contributed by atoms with Crippen LogP contribution in [0.15, 0.2) is 36.4 Å². The lowest BCUT2D eigenvalue weighted by molar-refractivity contribution is 0.414. The summed E-state index contributed by atoms with van der Waals surface area (Å²) in [4.78, 5) is 0. The van der Waals surface area contributed by atoms with Crippen LogP contribution in [0.25, 0.3) is 0 Å². The molecule has 2 N–H and O–H groups in total. The first-order chi connectivity index (χ1) is 9.10. The fraction of sp³-hybridized carbons (Fsp3) is 0.250. The highest BCUT2D eigenvalue weighted by Gasteiger charge is 2.05. The lowest BCUT2D eigenvalue weighted by Crippen LogP contribution is -1.92. The van der Waals surface area contributed by atoms with Crippen molar-refractivity contribution in [3.8, 4) is 17.2 Å². The Morgan fingerprint density at radius 3 is 1.95 bits per heavy atom. The molecular formula is C16H18O3. The summed E-state index contributed by atoms with van der Waals surface area (Å²) in [6.07, 6.45) is 1.62. The highest BCUT2D eigenvalue weighted by molar-refractivity contribution is 5.45. The van der Waals surface area contributed by atoms with Crippen LogP contribution in [-0.2, 0) is 12.8 Å². The van der Waals surface area contributed by atoms with Crippen molar-refractivity contribution in [2.24, 2.45) is 0 Å². The number of ether oxygens (including phenoxy) is 1. The Balaban J connectivity index is 2.05. The molecule has 2 rings (SSSR count). The third-order valence-electron chi connectivity index (χ3n) is 3.27. The Morgan fingerprint density at radius 1 is 0.895 bits per heavy atom. The normalized spacial score (nSPS) is 10.4. The second-order valence-corrected chi connectivity index (χ2v) is 4.61. The number of hydrogen-bond donors (Lipinski definition) is 2. The summed E-state index contributed by atoms with van der Waals surface area (Å²) in [6, 6.07) is 11.3. The van der Waals surface area contributed by atoms with Gasteiger partial charge in [0.05, 0.1) is 7.11 Å². The summed E-state index contributed by atoms with van der Waals surface area (Å²) in [5.74, 6) is 1.13. The fourth-order valence-corrected chi connectivity index (χ4v) is 1.97. The van der Waals surface area contributed by atoms with E-state index in [2.05, 4.69) is 0 Å². The van der Waals surface area contributed by atoms with Crippen molar-refractivity contribution in [3.05, 3.63) is 53.1 Å². The molecule has 0 amide bonds. The Kier molecular flexibility index (Phi) is 3.95. The van der Waals surface area contributed by atoms with Crippen LogP contribution in [-0.4, -0.2) is 17.3 Å². The standard InChI is InChI=1S/C16H18O3/c1-11-15(17)9-13(10-16(11)18)4-3-12-5-7-14(19-2)8-6-12/h5-10,17-18H,3-4H2,1-2H3. The molecule has 0 aliphatic carbocycles. The quantitative estimate of drug-likeness (QED) is 0.885. The maximum Gasteiger partial charge on any atom is 0.122 e. The van der Waals surface area contributed by atoms with Crippen molar-refractivity contribution in [2.75, 3.05) is 7.11 Å². The van der Waals surface area contributed by atoms with E-state index in [4.69, 9.17) is 4.74 Å². The van der Waals surface area contributed by atoms with Crippen molar-refractivity contribution in [1.82, 2.24) is 0 Å². The number of rotatable bonds is 4. The second kappa shape index (κ2) is 5.65. The van der Waals surface area contributed by atoms with E-state index in [9.17, 15) is 10.2 Å². The monoisotopic (exact) mass is 258 g/mol. The Labute approximate surface area is 113 Å². The highest BCUT2D eigenvalue weighted by Crippen LogP contribution is 2.28. The maximum absolute atomic E-state index is 9.67. The smallest absolute Gasteiger partial charge is 0.122 e. The van der Waals surface area contributed by atoms with Crippen molar-refractivity contribution >= 4 is 0 Å². The minimum Gasteiger partial charge on any atom is -0.508 e. The zero-order valence-electron chi connectivity index (χ0n) is 11.2. The number of benzene rings is 2. The van der Waals surface area contributed by atoms with Crippen LogP contribution >= 0.6 is 0 Å². The predicted molar refractivity (Wildman–Crippen MR) is 74.9 cm³/mol. The molecule has 19 heavy (non-hydrogen) atoms. The highest BCUT2D eigenvalue weighted by atomic mass is 16.5. The average Bonchev–Trinajstić information content (AvgIpc) is 2.43. The van der Waals surface area contributed by atoms with Gasteiger partial charge in [-0.15, -0.1) is 0 Å². The topological polar surface area (TPSA) is 49.7 Å². The Morgan fingerprint density at radius 2 is 1.42 bits per heavy atom. The lowest BCUT2D eigenvalue weighted by Gasteiger charge is -2.07. The van der Waals surface area contributed by atoms with Gasteiger partial charge in [0, 0.05) is 5.56 Å². The van der Waals surface area contributed by atoms with Gasteiger partial charge >= 0.3 is 0 Å². The first kappa shape index (κ1) is 13.3. The third kappa shape index (κ3) is 3.19. The first-order valence-corrected chi connectivity index (χ1v) is 6.24. The first-order valence-electron chi connectivity index (χ1n) is 6.24. The molecule has 0 atom stereocenters. The average molecular weight is 258 g/mol. The molecule has 0 aliphatic heterocycles. The number of phenolic OH excluding ortho intramolecular Hbond substituents is 2. The molecule has 2 aromatic carbocycles. The summed E-state index contributed by atoms with van der Waals surface area (Å²) in [6.45, 7) is 1.69. The van der Waals surface area contributed by atoms with Gasteiger partial charge in [0.25, 0.3) is 0 Å². The molecule has 0 radical (unpaired) electrons. The molecule has 0 heterocycles. The van der Waals surface area contributed by atoms with Gasteiger partial charge in [-0.3, -0.25) is 0 Å². The van der Waals surface area contributed by atoms with Crippen LogP contribution in [0.1, 0.15) is 16.7 Å². The molecule has 0 spiro atoms. The van der Waals surface area contributed by atoms with E-state index in [1.165, 1.54) is 5.56 Å². The summed E-state index contributed by atoms with van der Waals surface area (Å²) in [5, 5.41) is 19.3. The Bertz CT molecular complexity index is 536. The lowest BCUT2D eigenvalue weighted by atomic mass is 10.0. The predicted octanol–water partition coefficient (Wildman–Crippen LogP) is 3.20. The number of phenols is 2. The number of hydrogen-bond acceptors (Lipinski definition) is 3. The van der Waals surface area contributed by atoms with Gasteiger partial charge in [-0.2, -0.15) is 0 Å². The van der Waals surface area contributed by atoms with Crippen LogP contribution in [0.5, 0.6) is 17.2 Å². The van der Waals surface area contributed by atoms with Crippen LogP contribution in [0.2, 0.25) is 0 Å². The zero-order chi connectivity index (χ0) is 13.8. The van der Waals surface area contributed by atoms with Crippen LogP contribution < -0.4 is 4.74 Å². The largest absolute Gasteiger partial charge is 0.508 e. The molecule has 3 heteroatoms. The van der Waals surface area contributed by atoms with Crippen LogP contribution in [0.4, 0.5) is 0 Å². The molecule has 3 nitrogen and oxygen atoms in total. The summed E-state index contributed by atoms with van der Waals surface area (Å²) < 4.78 is 5.11. The minimum absolute atomic E-state index is 0.143. The molecule has 100 valence electrons. The van der Waals surface area contributed by atoms with E-state index >= 15 is 0 Å². The second-order valence-electron chi connectivity index (χ2n) is 4.61. The molecule has 0 aliphatic rings. The third-order valence-corrected chi connectivity index (χ3v) is 3.27. The summed E-state index contributed by atoms with van der Waals surface area (Å²) in [7, 11) is 1.65. The van der Waals surface area contributed by atoms with Crippen LogP contribution in [0, 0.1) is 6.92 Å². The van der Waals surface area contributed by atoms with E-state index in [0.717, 1.165) is 24.2 Å². The van der Waals surface area contributed by atoms with Crippen molar-refractivity contribution in [2.45, 2.75) is 19.8 Å². The van der Waals surface area contributed by atoms with Crippen molar-refractivity contribution in [3.63, 3.8) is 0 Å².